The number of phenols is 1. The molecule has 3 aromatic rings. The van der Waals surface area contributed by atoms with Gasteiger partial charge in [-0.2, -0.15) is 0 Å². The molecule has 3 rings (SSSR count). The predicted molar refractivity (Wildman–Crippen MR) is 93.0 cm³/mol. The van der Waals surface area contributed by atoms with Crippen molar-refractivity contribution in [2.75, 3.05) is 24.7 Å². The first kappa shape index (κ1) is 17.1. The van der Waals surface area contributed by atoms with E-state index in [4.69, 9.17) is 4.63 Å². The van der Waals surface area contributed by atoms with E-state index in [1.165, 1.54) is 11.0 Å². The minimum atomic E-state index is -0.351. The molecule has 0 aliphatic heterocycles. The van der Waals surface area contributed by atoms with Gasteiger partial charge in [0.25, 0.3) is 5.91 Å². The second kappa shape index (κ2) is 7.01. The lowest BCUT2D eigenvalue weighted by Gasteiger charge is -2.12. The normalized spacial score (nSPS) is 10.4. The van der Waals surface area contributed by atoms with E-state index in [0.29, 0.717) is 4.90 Å². The Kier molecular flexibility index (Phi) is 4.61. The highest BCUT2D eigenvalue weighted by Crippen LogP contribution is 2.32. The van der Waals surface area contributed by atoms with Gasteiger partial charge >= 0.3 is 11.6 Å². The summed E-state index contributed by atoms with van der Waals surface area (Å²) in [5.41, 5.74) is 1.06. The highest BCUT2D eigenvalue weighted by atomic mass is 16.8. The summed E-state index contributed by atoms with van der Waals surface area (Å²) in [4.78, 5) is 13.9. The number of nitrogens with zero attached hydrogens (tertiary/aromatic N) is 3. The van der Waals surface area contributed by atoms with Crippen molar-refractivity contribution in [3.8, 4) is 5.75 Å². The number of carbonyl (C=O) groups is 1. The molecule has 2 aromatic carbocycles. The molecule has 9 heteroatoms. The number of amides is 1. The Morgan fingerprint density at radius 1 is 1.12 bits per heavy atom. The van der Waals surface area contributed by atoms with E-state index in [0.717, 1.165) is 5.69 Å². The maximum atomic E-state index is 12.1. The largest absolute Gasteiger partial charge is 0.504 e. The molecule has 134 valence electrons. The van der Waals surface area contributed by atoms with Crippen LogP contribution in [0.25, 0.3) is 0 Å². The summed E-state index contributed by atoms with van der Waals surface area (Å²) in [5.74, 6) is -0.352. The zero-order chi connectivity index (χ0) is 18.7. The Bertz CT molecular complexity index is 924. The molecule has 9 nitrogen and oxygen atoms in total. The Morgan fingerprint density at radius 3 is 2.54 bits per heavy atom. The van der Waals surface area contributed by atoms with Crippen LogP contribution in [0.4, 0.5) is 23.0 Å². The molecular formula is C17H18N5O4+. The van der Waals surface area contributed by atoms with Gasteiger partial charge in [-0.1, -0.05) is 28.9 Å². The molecular weight excluding hydrogens is 338 g/mol. The maximum absolute atomic E-state index is 12.1. The predicted octanol–water partition coefficient (Wildman–Crippen LogP) is 2.09. The molecule has 0 aliphatic carbocycles. The number of hydrogen-bond acceptors (Lipinski definition) is 7. The number of rotatable bonds is 5. The van der Waals surface area contributed by atoms with E-state index in [9.17, 15) is 15.1 Å². The van der Waals surface area contributed by atoms with E-state index in [2.05, 4.69) is 15.8 Å². The highest BCUT2D eigenvalue weighted by Gasteiger charge is 2.26. The van der Waals surface area contributed by atoms with Crippen molar-refractivity contribution >= 4 is 28.9 Å². The number of nitrogens with one attached hydrogen (secondary N) is 2. The molecule has 26 heavy (non-hydrogen) atoms. The summed E-state index contributed by atoms with van der Waals surface area (Å²) in [6.07, 6.45) is 0. The maximum Gasteiger partial charge on any atom is 0.371 e. The minimum absolute atomic E-state index is 0.0543. The van der Waals surface area contributed by atoms with E-state index in [-0.39, 0.29) is 34.5 Å². The van der Waals surface area contributed by atoms with Crippen LogP contribution in [0, 0.1) is 0 Å². The summed E-state index contributed by atoms with van der Waals surface area (Å²) >= 11 is 0. The number of aromatic nitrogens is 2. The molecule has 0 saturated heterocycles. The third-order valence-electron chi connectivity index (χ3n) is 3.59. The molecule has 1 amide bonds. The Labute approximate surface area is 149 Å². The molecule has 0 atom stereocenters. The molecule has 0 spiro atoms. The molecule has 0 saturated carbocycles. The minimum Gasteiger partial charge on any atom is -0.504 e. The summed E-state index contributed by atoms with van der Waals surface area (Å²) in [7, 11) is 3.18. The fourth-order valence-corrected chi connectivity index (χ4v) is 2.29. The Morgan fingerprint density at radius 2 is 1.85 bits per heavy atom. The number of aromatic hydroxyl groups is 1. The van der Waals surface area contributed by atoms with Crippen molar-refractivity contribution in [2.24, 2.45) is 0 Å². The first-order valence-corrected chi connectivity index (χ1v) is 7.71. The van der Waals surface area contributed by atoms with Crippen molar-refractivity contribution in [1.82, 2.24) is 10.1 Å². The first-order valence-electron chi connectivity index (χ1n) is 7.71. The number of anilines is 4. The lowest BCUT2D eigenvalue weighted by Crippen LogP contribution is -2.30. The zero-order valence-corrected chi connectivity index (χ0v) is 14.2. The smallest absolute Gasteiger partial charge is 0.371 e. The van der Waals surface area contributed by atoms with Crippen LogP contribution in [0.5, 0.6) is 5.75 Å². The van der Waals surface area contributed by atoms with Crippen LogP contribution in [0.3, 0.4) is 0 Å². The van der Waals surface area contributed by atoms with Gasteiger partial charge in [0.2, 0.25) is 0 Å². The number of phenolic OH excluding ortho intramolecular Hbond substituents is 1. The third kappa shape index (κ3) is 3.36. The number of carbonyl (C=O) groups excluding carboxylic acids is 1. The van der Waals surface area contributed by atoms with Crippen molar-refractivity contribution in [3.05, 3.63) is 54.1 Å². The molecule has 0 bridgehead atoms. The van der Waals surface area contributed by atoms with Crippen LogP contribution >= 0.6 is 0 Å². The lowest BCUT2D eigenvalue weighted by molar-refractivity contribution is -1.03. The quantitative estimate of drug-likeness (QED) is 0.409. The number of benzene rings is 2. The second-order valence-corrected chi connectivity index (χ2v) is 5.66. The molecule has 0 fully saturated rings. The lowest BCUT2D eigenvalue weighted by atomic mass is 10.1. The van der Waals surface area contributed by atoms with Crippen LogP contribution in [-0.4, -0.2) is 40.4 Å². The van der Waals surface area contributed by atoms with Crippen molar-refractivity contribution in [3.63, 3.8) is 0 Å². The number of hydrogen-bond donors (Lipinski definition) is 4. The topological polar surface area (TPSA) is 115 Å². The van der Waals surface area contributed by atoms with Gasteiger partial charge in [0.05, 0.1) is 5.56 Å². The van der Waals surface area contributed by atoms with E-state index < -0.39 is 0 Å². The van der Waals surface area contributed by atoms with Gasteiger partial charge in [-0.3, -0.25) is 10.1 Å². The fourth-order valence-electron chi connectivity index (χ4n) is 2.29. The third-order valence-corrected chi connectivity index (χ3v) is 3.59. The summed E-state index contributed by atoms with van der Waals surface area (Å²) < 4.78 is 4.74. The van der Waals surface area contributed by atoms with Gasteiger partial charge in [-0.15, -0.1) is 0 Å². The van der Waals surface area contributed by atoms with Crippen LogP contribution in [0.2, 0.25) is 0 Å². The highest BCUT2D eigenvalue weighted by molar-refractivity contribution is 5.98. The van der Waals surface area contributed by atoms with Gasteiger partial charge in [0, 0.05) is 19.8 Å². The van der Waals surface area contributed by atoms with Crippen LogP contribution in [0.15, 0.2) is 53.2 Å². The molecule has 0 aliphatic rings. The van der Waals surface area contributed by atoms with Gasteiger partial charge in [0.1, 0.15) is 15.7 Å². The monoisotopic (exact) mass is 356 g/mol. The summed E-state index contributed by atoms with van der Waals surface area (Å²) in [6, 6.07) is 13.8. The van der Waals surface area contributed by atoms with Crippen molar-refractivity contribution in [1.29, 1.82) is 0 Å². The van der Waals surface area contributed by atoms with Crippen molar-refractivity contribution < 1.29 is 24.6 Å². The average Bonchev–Trinajstić information content (AvgIpc) is 2.97. The van der Waals surface area contributed by atoms with Crippen molar-refractivity contribution in [2.45, 2.75) is 0 Å². The van der Waals surface area contributed by atoms with E-state index in [1.54, 1.807) is 26.2 Å². The molecule has 0 unspecified atom stereocenters. The first-order chi connectivity index (χ1) is 12.5. The zero-order valence-electron chi connectivity index (χ0n) is 14.2. The van der Waals surface area contributed by atoms with E-state index >= 15 is 0 Å². The van der Waals surface area contributed by atoms with Gasteiger partial charge in [-0.25, -0.2) is 0 Å². The summed E-state index contributed by atoms with van der Waals surface area (Å²) in [5, 5.41) is 29.8. The standard InChI is InChI=1S/C17H17N5O4/c1-21(2)17(24)12-9-6-10-13(14(12)23)19-16-15(20-26-22(16)25)18-11-7-4-3-5-8-11/h3-10,25H,1-2H3,(H2,18,20,23,24)/p+1. The Hall–Kier alpha value is -3.75. The van der Waals surface area contributed by atoms with Gasteiger partial charge in [0.15, 0.2) is 5.75 Å². The molecule has 0 radical (unpaired) electrons. The SMILES string of the molecule is CN(C)C(=O)c1cccc(Nc2c(Nc3ccccc3)no[n+]2O)c1O. The van der Waals surface area contributed by atoms with Gasteiger partial charge < -0.3 is 20.5 Å². The molecule has 4 N–H and O–H groups in total. The molecule has 1 heterocycles. The van der Waals surface area contributed by atoms with Crippen LogP contribution < -0.4 is 15.5 Å². The van der Waals surface area contributed by atoms with Gasteiger partial charge in [-0.05, 0) is 24.3 Å². The fraction of sp³-hybridized carbons (Fsp3) is 0.118. The Balaban J connectivity index is 1.92. The second-order valence-electron chi connectivity index (χ2n) is 5.66. The van der Waals surface area contributed by atoms with Crippen LogP contribution in [0.1, 0.15) is 10.4 Å². The summed E-state index contributed by atoms with van der Waals surface area (Å²) in [6.45, 7) is 0. The molecule has 1 aromatic heterocycles. The van der Waals surface area contributed by atoms with Crippen LogP contribution in [-0.2, 0) is 0 Å². The number of para-hydroxylation sites is 2. The average molecular weight is 356 g/mol. The van der Waals surface area contributed by atoms with E-state index in [1.807, 2.05) is 30.3 Å².